The Balaban J connectivity index is 2.02. The number of carboxylic acid groups (broad SMARTS) is 1. The van der Waals surface area contributed by atoms with Crippen molar-refractivity contribution in [3.05, 3.63) is 35.6 Å². The molecule has 0 amide bonds. The van der Waals surface area contributed by atoms with Crippen LogP contribution in [0.3, 0.4) is 0 Å². The number of nitrogens with zero attached hydrogens (tertiary/aromatic N) is 3. The highest BCUT2D eigenvalue weighted by molar-refractivity contribution is 7.98. The largest absolute Gasteiger partial charge is 0.478 e. The molecule has 0 radical (unpaired) electrons. The molecule has 0 unspecified atom stereocenters. The van der Waals surface area contributed by atoms with Crippen LogP contribution in [0.2, 0.25) is 0 Å². The Hall–Kier alpha value is -1.89. The van der Waals surface area contributed by atoms with Gasteiger partial charge in [0.15, 0.2) is 5.82 Å². The average Bonchev–Trinajstić information content (AvgIpc) is 2.83. The smallest absolute Gasteiger partial charge is 0.338 e. The first-order chi connectivity index (χ1) is 9.56. The summed E-state index contributed by atoms with van der Waals surface area (Å²) in [7, 11) is 0. The highest BCUT2D eigenvalue weighted by Gasteiger charge is 2.13. The standard InChI is InChI=1S/C13H15N3O3S/c1-8(2)6-11-15-10(16-19-11)7-20-12-9(13(17)18)4-3-5-14-12/h3-5,8H,6-7H2,1-2H3,(H,17,18). The first-order valence-electron chi connectivity index (χ1n) is 6.19. The molecular weight excluding hydrogens is 278 g/mol. The molecule has 1 N–H and O–H groups in total. The molecule has 20 heavy (non-hydrogen) atoms. The fourth-order valence-electron chi connectivity index (χ4n) is 1.58. The van der Waals surface area contributed by atoms with Crippen LogP contribution in [0.1, 0.15) is 35.9 Å². The molecule has 2 heterocycles. The van der Waals surface area contributed by atoms with Crippen molar-refractivity contribution in [3.63, 3.8) is 0 Å². The van der Waals surface area contributed by atoms with Crippen molar-refractivity contribution >= 4 is 17.7 Å². The maximum Gasteiger partial charge on any atom is 0.338 e. The maximum atomic E-state index is 11.1. The topological polar surface area (TPSA) is 89.1 Å². The highest BCUT2D eigenvalue weighted by Crippen LogP contribution is 2.23. The number of rotatable bonds is 6. The van der Waals surface area contributed by atoms with Gasteiger partial charge in [0.05, 0.1) is 11.3 Å². The summed E-state index contributed by atoms with van der Waals surface area (Å²) >= 11 is 1.28. The summed E-state index contributed by atoms with van der Waals surface area (Å²) < 4.78 is 5.13. The van der Waals surface area contributed by atoms with Gasteiger partial charge in [0.25, 0.3) is 0 Å². The second-order valence-electron chi connectivity index (χ2n) is 4.65. The van der Waals surface area contributed by atoms with E-state index in [2.05, 4.69) is 29.0 Å². The van der Waals surface area contributed by atoms with Gasteiger partial charge in [0, 0.05) is 12.6 Å². The Labute approximate surface area is 120 Å². The number of aromatic carboxylic acids is 1. The number of aromatic nitrogens is 3. The Bertz CT molecular complexity index is 598. The molecule has 0 spiro atoms. The van der Waals surface area contributed by atoms with Crippen LogP contribution in [-0.4, -0.2) is 26.2 Å². The summed E-state index contributed by atoms with van der Waals surface area (Å²) in [6.07, 6.45) is 2.30. The van der Waals surface area contributed by atoms with Gasteiger partial charge < -0.3 is 9.63 Å². The molecule has 7 heteroatoms. The van der Waals surface area contributed by atoms with Crippen molar-refractivity contribution < 1.29 is 14.4 Å². The molecule has 0 aliphatic heterocycles. The number of thioether (sulfide) groups is 1. The molecule has 2 aromatic heterocycles. The Kier molecular flexibility index (Phi) is 4.73. The number of carboxylic acids is 1. The van der Waals surface area contributed by atoms with Crippen LogP contribution in [-0.2, 0) is 12.2 Å². The lowest BCUT2D eigenvalue weighted by molar-refractivity contribution is 0.0692. The van der Waals surface area contributed by atoms with Crippen molar-refractivity contribution in [3.8, 4) is 0 Å². The molecule has 0 fully saturated rings. The van der Waals surface area contributed by atoms with Gasteiger partial charge in [-0.25, -0.2) is 9.78 Å². The summed E-state index contributed by atoms with van der Waals surface area (Å²) in [5.74, 6) is 1.04. The van der Waals surface area contributed by atoms with Crippen LogP contribution in [0.25, 0.3) is 0 Å². The number of pyridine rings is 1. The molecule has 106 valence electrons. The molecule has 2 rings (SSSR count). The van der Waals surface area contributed by atoms with E-state index in [0.717, 1.165) is 6.42 Å². The minimum atomic E-state index is -0.991. The van der Waals surface area contributed by atoms with Crippen LogP contribution >= 0.6 is 11.8 Å². The first-order valence-corrected chi connectivity index (χ1v) is 7.17. The second-order valence-corrected chi connectivity index (χ2v) is 5.62. The van der Waals surface area contributed by atoms with E-state index in [0.29, 0.717) is 28.4 Å². The molecule has 0 saturated carbocycles. The van der Waals surface area contributed by atoms with E-state index in [9.17, 15) is 4.79 Å². The zero-order chi connectivity index (χ0) is 14.5. The molecule has 6 nitrogen and oxygen atoms in total. The summed E-state index contributed by atoms with van der Waals surface area (Å²) in [6, 6.07) is 3.13. The van der Waals surface area contributed by atoms with E-state index in [4.69, 9.17) is 9.63 Å². The molecule has 2 aromatic rings. The lowest BCUT2D eigenvalue weighted by Gasteiger charge is -2.01. The molecule has 0 aliphatic rings. The first kappa shape index (κ1) is 14.5. The van der Waals surface area contributed by atoms with Crippen molar-refractivity contribution in [2.45, 2.75) is 31.0 Å². The Morgan fingerprint density at radius 2 is 2.30 bits per heavy atom. The summed E-state index contributed by atoms with van der Waals surface area (Å²) in [4.78, 5) is 19.4. The van der Waals surface area contributed by atoms with E-state index in [-0.39, 0.29) is 5.56 Å². The third-order valence-corrected chi connectivity index (χ3v) is 3.43. The number of carbonyl (C=O) groups is 1. The zero-order valence-corrected chi connectivity index (χ0v) is 12.1. The predicted octanol–water partition coefficient (Wildman–Crippen LogP) is 2.65. The van der Waals surface area contributed by atoms with Crippen molar-refractivity contribution in [2.24, 2.45) is 5.92 Å². The maximum absolute atomic E-state index is 11.1. The van der Waals surface area contributed by atoms with Gasteiger partial charge in [-0.15, -0.1) is 0 Å². The van der Waals surface area contributed by atoms with Gasteiger partial charge in [0.2, 0.25) is 5.89 Å². The van der Waals surface area contributed by atoms with Crippen LogP contribution in [0, 0.1) is 5.92 Å². The highest BCUT2D eigenvalue weighted by atomic mass is 32.2. The van der Waals surface area contributed by atoms with Gasteiger partial charge in [-0.2, -0.15) is 4.98 Å². The molecule has 0 saturated heterocycles. The lowest BCUT2D eigenvalue weighted by Crippen LogP contribution is -2.00. The molecule has 0 atom stereocenters. The zero-order valence-electron chi connectivity index (χ0n) is 11.2. The summed E-state index contributed by atoms with van der Waals surface area (Å²) in [5, 5.41) is 13.4. The van der Waals surface area contributed by atoms with Crippen molar-refractivity contribution in [2.75, 3.05) is 0 Å². The van der Waals surface area contributed by atoms with Crippen molar-refractivity contribution in [1.29, 1.82) is 0 Å². The minimum Gasteiger partial charge on any atom is -0.478 e. The Morgan fingerprint density at radius 1 is 1.50 bits per heavy atom. The monoisotopic (exact) mass is 293 g/mol. The number of hydrogen-bond donors (Lipinski definition) is 1. The quantitative estimate of drug-likeness (QED) is 0.819. The summed E-state index contributed by atoms with van der Waals surface area (Å²) in [5.41, 5.74) is 0.184. The van der Waals surface area contributed by atoms with Gasteiger partial charge in [-0.1, -0.05) is 30.8 Å². The molecule has 0 aromatic carbocycles. The predicted molar refractivity (Wildman–Crippen MR) is 73.6 cm³/mol. The summed E-state index contributed by atoms with van der Waals surface area (Å²) in [6.45, 7) is 4.15. The number of hydrogen-bond acceptors (Lipinski definition) is 6. The van der Waals surface area contributed by atoms with Crippen LogP contribution in [0.5, 0.6) is 0 Å². The van der Waals surface area contributed by atoms with Gasteiger partial charge in [-0.05, 0) is 18.1 Å². The van der Waals surface area contributed by atoms with Gasteiger partial charge in [-0.3, -0.25) is 0 Å². The normalized spacial score (nSPS) is 10.9. The third kappa shape index (κ3) is 3.80. The fourth-order valence-corrected chi connectivity index (χ4v) is 2.41. The second kappa shape index (κ2) is 6.51. The van der Waals surface area contributed by atoms with Gasteiger partial charge in [0.1, 0.15) is 5.03 Å². The van der Waals surface area contributed by atoms with Crippen LogP contribution in [0.15, 0.2) is 27.9 Å². The van der Waals surface area contributed by atoms with E-state index < -0.39 is 5.97 Å². The Morgan fingerprint density at radius 3 is 3.00 bits per heavy atom. The molecule has 0 aliphatic carbocycles. The van der Waals surface area contributed by atoms with E-state index in [1.807, 2.05) is 0 Å². The lowest BCUT2D eigenvalue weighted by atomic mass is 10.1. The van der Waals surface area contributed by atoms with Crippen LogP contribution < -0.4 is 0 Å². The molecule has 0 bridgehead atoms. The van der Waals surface area contributed by atoms with Crippen molar-refractivity contribution in [1.82, 2.24) is 15.1 Å². The van der Waals surface area contributed by atoms with E-state index >= 15 is 0 Å². The third-order valence-electron chi connectivity index (χ3n) is 2.43. The minimum absolute atomic E-state index is 0.184. The molecular formula is C13H15N3O3S. The van der Waals surface area contributed by atoms with Crippen LogP contribution in [0.4, 0.5) is 0 Å². The van der Waals surface area contributed by atoms with E-state index in [1.54, 1.807) is 12.3 Å². The fraction of sp³-hybridized carbons (Fsp3) is 0.385. The van der Waals surface area contributed by atoms with Gasteiger partial charge >= 0.3 is 5.97 Å². The van der Waals surface area contributed by atoms with E-state index in [1.165, 1.54) is 17.8 Å². The SMILES string of the molecule is CC(C)Cc1nc(CSc2ncccc2C(=O)O)no1. The average molecular weight is 293 g/mol.